The van der Waals surface area contributed by atoms with Gasteiger partial charge in [0, 0.05) is 6.04 Å². The van der Waals surface area contributed by atoms with Crippen LogP contribution in [0.25, 0.3) is 0 Å². The number of fused-ring (bicyclic) bond motifs is 1. The normalized spacial score (nSPS) is 18.3. The molecule has 0 bridgehead atoms. The van der Waals surface area contributed by atoms with E-state index in [9.17, 15) is 9.59 Å². The number of hydrogen-bond acceptors (Lipinski definition) is 5. The molecule has 1 atom stereocenters. The van der Waals surface area contributed by atoms with Crippen LogP contribution in [0.4, 0.5) is 0 Å². The highest BCUT2D eigenvalue weighted by atomic mass is 35.5. The van der Waals surface area contributed by atoms with Gasteiger partial charge in [0.15, 0.2) is 17.6 Å². The smallest absolute Gasteiger partial charge is 0.339 e. The zero-order valence-electron chi connectivity index (χ0n) is 14.2. The standard InChI is InChI=1S/C18H22ClNO5/c1-11(17(21)20-13-5-3-2-4-6-13)25-18(22)12-9-14(19)16-15(10-12)23-7-8-24-16/h9-11,13H,2-8H2,1H3,(H,20,21)/t11-/m1/s1. The fraction of sp³-hybridized carbons (Fsp3) is 0.556. The van der Waals surface area contributed by atoms with Crippen molar-refractivity contribution >= 4 is 23.5 Å². The van der Waals surface area contributed by atoms with Crippen LogP contribution in [0.2, 0.25) is 5.02 Å². The van der Waals surface area contributed by atoms with Crippen LogP contribution in [0.1, 0.15) is 49.4 Å². The number of benzene rings is 1. The van der Waals surface area contributed by atoms with E-state index in [0.717, 1.165) is 25.7 Å². The molecule has 1 amide bonds. The summed E-state index contributed by atoms with van der Waals surface area (Å²) in [6.07, 6.45) is 4.53. The molecule has 1 aliphatic carbocycles. The molecule has 3 rings (SSSR count). The van der Waals surface area contributed by atoms with Crippen LogP contribution in [0, 0.1) is 0 Å². The number of amides is 1. The lowest BCUT2D eigenvalue weighted by molar-refractivity contribution is -0.130. The Morgan fingerprint density at radius 2 is 1.92 bits per heavy atom. The maximum absolute atomic E-state index is 12.3. The Bertz CT molecular complexity index is 657. The molecule has 1 heterocycles. The van der Waals surface area contributed by atoms with Crippen molar-refractivity contribution in [3.05, 3.63) is 22.7 Å². The van der Waals surface area contributed by atoms with E-state index in [-0.39, 0.29) is 22.5 Å². The van der Waals surface area contributed by atoms with Gasteiger partial charge >= 0.3 is 5.97 Å². The molecule has 0 unspecified atom stereocenters. The Hall–Kier alpha value is -1.95. The summed E-state index contributed by atoms with van der Waals surface area (Å²) in [5.41, 5.74) is 0.228. The Kier molecular flexibility index (Phi) is 5.68. The van der Waals surface area contributed by atoms with Gasteiger partial charge in [-0.3, -0.25) is 4.79 Å². The number of rotatable bonds is 4. The SMILES string of the molecule is C[C@@H](OC(=O)c1cc(Cl)c2c(c1)OCCO2)C(=O)NC1CCCCC1. The van der Waals surface area contributed by atoms with Crippen molar-refractivity contribution in [2.45, 2.75) is 51.2 Å². The summed E-state index contributed by atoms with van der Waals surface area (Å²) in [6.45, 7) is 2.37. The van der Waals surface area contributed by atoms with E-state index < -0.39 is 12.1 Å². The molecule has 1 aromatic carbocycles. The lowest BCUT2D eigenvalue weighted by Crippen LogP contribution is -2.42. The molecule has 2 aliphatic rings. The van der Waals surface area contributed by atoms with Gasteiger partial charge in [-0.2, -0.15) is 0 Å². The van der Waals surface area contributed by atoms with Crippen LogP contribution in [-0.2, 0) is 9.53 Å². The van der Waals surface area contributed by atoms with Crippen LogP contribution in [0.5, 0.6) is 11.5 Å². The molecule has 6 nitrogen and oxygen atoms in total. The fourth-order valence-electron chi connectivity index (χ4n) is 3.08. The maximum Gasteiger partial charge on any atom is 0.339 e. The van der Waals surface area contributed by atoms with E-state index in [1.807, 2.05) is 0 Å². The molecule has 1 fully saturated rings. The van der Waals surface area contributed by atoms with Crippen LogP contribution >= 0.6 is 11.6 Å². The second kappa shape index (κ2) is 7.95. The third-order valence-electron chi connectivity index (χ3n) is 4.44. The van der Waals surface area contributed by atoms with Crippen LogP contribution in [0.15, 0.2) is 12.1 Å². The average molecular weight is 368 g/mol. The van der Waals surface area contributed by atoms with Crippen molar-refractivity contribution in [2.75, 3.05) is 13.2 Å². The minimum atomic E-state index is -0.874. The molecule has 0 spiro atoms. The first kappa shape index (κ1) is 17.9. The minimum absolute atomic E-state index is 0.172. The van der Waals surface area contributed by atoms with Crippen LogP contribution in [0.3, 0.4) is 0 Å². The van der Waals surface area contributed by atoms with Crippen molar-refractivity contribution in [3.63, 3.8) is 0 Å². The number of esters is 1. The molecule has 25 heavy (non-hydrogen) atoms. The molecule has 1 aliphatic heterocycles. The van der Waals surface area contributed by atoms with E-state index >= 15 is 0 Å². The molecular formula is C18H22ClNO5. The molecular weight excluding hydrogens is 346 g/mol. The van der Waals surface area contributed by atoms with Crippen molar-refractivity contribution in [2.24, 2.45) is 0 Å². The van der Waals surface area contributed by atoms with E-state index in [1.165, 1.54) is 18.6 Å². The van der Waals surface area contributed by atoms with Gasteiger partial charge in [-0.05, 0) is 31.9 Å². The van der Waals surface area contributed by atoms with E-state index in [2.05, 4.69) is 5.32 Å². The van der Waals surface area contributed by atoms with Gasteiger partial charge in [-0.15, -0.1) is 0 Å². The molecule has 0 aromatic heterocycles. The maximum atomic E-state index is 12.3. The summed E-state index contributed by atoms with van der Waals surface area (Å²) in [5, 5.41) is 3.23. The first-order valence-corrected chi connectivity index (χ1v) is 9.03. The number of carbonyl (C=O) groups excluding carboxylic acids is 2. The predicted molar refractivity (Wildman–Crippen MR) is 92.3 cm³/mol. The van der Waals surface area contributed by atoms with Gasteiger partial charge in [-0.1, -0.05) is 30.9 Å². The fourth-order valence-corrected chi connectivity index (χ4v) is 3.34. The van der Waals surface area contributed by atoms with Gasteiger partial charge in [0.05, 0.1) is 10.6 Å². The number of hydrogen-bond donors (Lipinski definition) is 1. The first-order chi connectivity index (χ1) is 12.0. The van der Waals surface area contributed by atoms with Crippen LogP contribution in [-0.4, -0.2) is 37.2 Å². The summed E-state index contributed by atoms with van der Waals surface area (Å²) in [5.74, 6) is -0.0633. The van der Waals surface area contributed by atoms with E-state index in [1.54, 1.807) is 6.92 Å². The third-order valence-corrected chi connectivity index (χ3v) is 4.72. The van der Waals surface area contributed by atoms with Crippen molar-refractivity contribution in [1.82, 2.24) is 5.32 Å². The summed E-state index contributed by atoms with van der Waals surface area (Å²) in [6, 6.07) is 3.16. The number of ether oxygens (including phenoxy) is 3. The highest BCUT2D eigenvalue weighted by Crippen LogP contribution is 2.38. The van der Waals surface area contributed by atoms with E-state index in [0.29, 0.717) is 24.7 Å². The Morgan fingerprint density at radius 1 is 1.20 bits per heavy atom. The largest absolute Gasteiger partial charge is 0.486 e. The number of carbonyl (C=O) groups is 2. The molecule has 1 saturated carbocycles. The zero-order valence-corrected chi connectivity index (χ0v) is 14.9. The lowest BCUT2D eigenvalue weighted by Gasteiger charge is -2.24. The zero-order chi connectivity index (χ0) is 17.8. The summed E-state index contributed by atoms with van der Waals surface area (Å²) < 4.78 is 16.2. The monoisotopic (exact) mass is 367 g/mol. The first-order valence-electron chi connectivity index (χ1n) is 8.65. The van der Waals surface area contributed by atoms with Gasteiger partial charge in [0.25, 0.3) is 5.91 Å². The van der Waals surface area contributed by atoms with Crippen molar-refractivity contribution in [1.29, 1.82) is 0 Å². The molecule has 0 saturated heterocycles. The summed E-state index contributed by atoms with van der Waals surface area (Å²) in [4.78, 5) is 24.6. The highest BCUT2D eigenvalue weighted by Gasteiger charge is 2.25. The Labute approximate surface area is 151 Å². The summed E-state index contributed by atoms with van der Waals surface area (Å²) >= 11 is 6.13. The van der Waals surface area contributed by atoms with Gasteiger partial charge in [0.1, 0.15) is 13.2 Å². The molecule has 1 N–H and O–H groups in total. The number of halogens is 1. The number of nitrogens with one attached hydrogen (secondary N) is 1. The molecule has 1 aromatic rings. The predicted octanol–water partition coefficient (Wildman–Crippen LogP) is 3.11. The second-order valence-electron chi connectivity index (χ2n) is 6.37. The minimum Gasteiger partial charge on any atom is -0.486 e. The quantitative estimate of drug-likeness (QED) is 0.828. The molecule has 7 heteroatoms. The Balaban J connectivity index is 1.61. The topological polar surface area (TPSA) is 73.9 Å². The lowest BCUT2D eigenvalue weighted by atomic mass is 9.95. The van der Waals surface area contributed by atoms with Gasteiger partial charge < -0.3 is 19.5 Å². The summed E-state index contributed by atoms with van der Waals surface area (Å²) in [7, 11) is 0. The van der Waals surface area contributed by atoms with Crippen molar-refractivity contribution < 1.29 is 23.8 Å². The van der Waals surface area contributed by atoms with E-state index in [4.69, 9.17) is 25.8 Å². The second-order valence-corrected chi connectivity index (χ2v) is 6.78. The third kappa shape index (κ3) is 4.37. The molecule has 136 valence electrons. The van der Waals surface area contributed by atoms with Gasteiger partial charge in [-0.25, -0.2) is 4.79 Å². The van der Waals surface area contributed by atoms with Crippen molar-refractivity contribution in [3.8, 4) is 11.5 Å². The van der Waals surface area contributed by atoms with Crippen LogP contribution < -0.4 is 14.8 Å². The highest BCUT2D eigenvalue weighted by molar-refractivity contribution is 6.32. The Morgan fingerprint density at radius 3 is 2.68 bits per heavy atom. The molecule has 0 radical (unpaired) electrons. The van der Waals surface area contributed by atoms with Gasteiger partial charge in [0.2, 0.25) is 0 Å². The average Bonchev–Trinajstić information content (AvgIpc) is 2.62.